The molecule has 0 fully saturated rings. The average Bonchev–Trinajstić information content (AvgIpc) is 2.09. The molecule has 0 saturated heterocycles. The predicted molar refractivity (Wildman–Crippen MR) is 51.7 cm³/mol. The van der Waals surface area contributed by atoms with Crippen LogP contribution in [-0.2, 0) is 0 Å². The molecule has 0 aliphatic heterocycles. The van der Waals surface area contributed by atoms with Crippen LogP contribution in [0.4, 0.5) is 5.82 Å². The van der Waals surface area contributed by atoms with Crippen LogP contribution in [0.15, 0.2) is 12.1 Å². The Morgan fingerprint density at radius 2 is 2.38 bits per heavy atom. The van der Waals surface area contributed by atoms with Crippen LogP contribution < -0.4 is 11.1 Å². The number of nitrogen functional groups attached to an aromatic ring is 1. The number of rotatable bonds is 2. The molecule has 4 nitrogen and oxygen atoms in total. The molecule has 0 unspecified atom stereocenters. The Morgan fingerprint density at radius 1 is 1.69 bits per heavy atom. The molecule has 0 aliphatic carbocycles. The minimum absolute atomic E-state index is 0.170. The molecule has 0 spiro atoms. The van der Waals surface area contributed by atoms with Crippen molar-refractivity contribution in [1.82, 2.24) is 10.3 Å². The Labute approximate surface area is 81.1 Å². The number of carbonyl (C=O) groups is 1. The molecule has 0 aliphatic rings. The summed E-state index contributed by atoms with van der Waals surface area (Å²) >= 11 is 5.75. The maximum absolute atomic E-state index is 11.3. The molecule has 70 valence electrons. The van der Waals surface area contributed by atoms with Crippen LogP contribution in [0.1, 0.15) is 17.4 Å². The first-order valence-corrected chi connectivity index (χ1v) is 4.23. The van der Waals surface area contributed by atoms with E-state index in [1.807, 2.05) is 6.92 Å². The highest BCUT2D eigenvalue weighted by molar-refractivity contribution is 6.33. The Balaban J connectivity index is 2.99. The molecule has 1 rings (SSSR count). The smallest absolute Gasteiger partial charge is 0.271 e. The fourth-order valence-corrected chi connectivity index (χ4v) is 1.05. The molecule has 1 aromatic rings. The van der Waals surface area contributed by atoms with E-state index in [0.29, 0.717) is 11.6 Å². The van der Waals surface area contributed by atoms with Crippen molar-refractivity contribution in [1.29, 1.82) is 0 Å². The Kier molecular flexibility index (Phi) is 3.08. The lowest BCUT2D eigenvalue weighted by Gasteiger charge is -2.03. The molecule has 13 heavy (non-hydrogen) atoms. The second kappa shape index (κ2) is 4.09. The fraction of sp³-hybridized carbons (Fsp3) is 0.250. The number of nitrogens with zero attached hydrogens (tertiary/aromatic N) is 1. The average molecular weight is 200 g/mol. The molecule has 1 aromatic heterocycles. The summed E-state index contributed by atoms with van der Waals surface area (Å²) in [6, 6.07) is 3.10. The van der Waals surface area contributed by atoms with Gasteiger partial charge in [0.2, 0.25) is 0 Å². The maximum atomic E-state index is 11.3. The van der Waals surface area contributed by atoms with Crippen molar-refractivity contribution in [3.8, 4) is 0 Å². The number of hydrogen-bond acceptors (Lipinski definition) is 3. The summed E-state index contributed by atoms with van der Waals surface area (Å²) < 4.78 is 0. The highest BCUT2D eigenvalue weighted by Gasteiger charge is 2.10. The Hall–Kier alpha value is -1.29. The van der Waals surface area contributed by atoms with Gasteiger partial charge in [0.1, 0.15) is 11.5 Å². The lowest BCUT2D eigenvalue weighted by atomic mass is 10.3. The Morgan fingerprint density at radius 3 is 3.00 bits per heavy atom. The monoisotopic (exact) mass is 199 g/mol. The third-order valence-electron chi connectivity index (χ3n) is 1.42. The second-order valence-corrected chi connectivity index (χ2v) is 2.83. The number of pyridine rings is 1. The molecule has 3 N–H and O–H groups in total. The van der Waals surface area contributed by atoms with E-state index >= 15 is 0 Å². The zero-order valence-electron chi connectivity index (χ0n) is 7.17. The number of aromatic nitrogens is 1. The van der Waals surface area contributed by atoms with E-state index in [4.69, 9.17) is 17.3 Å². The van der Waals surface area contributed by atoms with E-state index in [1.165, 1.54) is 0 Å². The van der Waals surface area contributed by atoms with E-state index in [1.54, 1.807) is 12.1 Å². The van der Waals surface area contributed by atoms with Gasteiger partial charge < -0.3 is 11.1 Å². The minimum atomic E-state index is -0.306. The van der Waals surface area contributed by atoms with E-state index in [0.717, 1.165) is 0 Å². The predicted octanol–water partition coefficient (Wildman–Crippen LogP) is 1.07. The van der Waals surface area contributed by atoms with Gasteiger partial charge in [0.15, 0.2) is 0 Å². The van der Waals surface area contributed by atoms with Crippen LogP contribution in [0.5, 0.6) is 0 Å². The number of halogens is 1. The van der Waals surface area contributed by atoms with Crippen molar-refractivity contribution < 1.29 is 4.79 Å². The van der Waals surface area contributed by atoms with Crippen LogP contribution in [0.25, 0.3) is 0 Å². The molecule has 0 aromatic carbocycles. The van der Waals surface area contributed by atoms with E-state index in [2.05, 4.69) is 10.3 Å². The van der Waals surface area contributed by atoms with Crippen molar-refractivity contribution in [3.63, 3.8) is 0 Å². The number of carbonyl (C=O) groups excluding carboxylic acids is 1. The number of hydrogen-bond donors (Lipinski definition) is 2. The normalized spacial score (nSPS) is 9.69. The van der Waals surface area contributed by atoms with Crippen molar-refractivity contribution in [2.75, 3.05) is 12.3 Å². The van der Waals surface area contributed by atoms with Gasteiger partial charge in [-0.2, -0.15) is 0 Å². The lowest BCUT2D eigenvalue weighted by molar-refractivity contribution is 0.0951. The van der Waals surface area contributed by atoms with Gasteiger partial charge in [-0.3, -0.25) is 4.79 Å². The molecule has 0 saturated carbocycles. The van der Waals surface area contributed by atoms with Crippen molar-refractivity contribution in [2.45, 2.75) is 6.92 Å². The lowest BCUT2D eigenvalue weighted by Crippen LogP contribution is -2.24. The molecular formula is C8H10ClN3O. The van der Waals surface area contributed by atoms with E-state index in [9.17, 15) is 4.79 Å². The topological polar surface area (TPSA) is 68.0 Å². The van der Waals surface area contributed by atoms with Crippen LogP contribution >= 0.6 is 11.6 Å². The highest BCUT2D eigenvalue weighted by atomic mass is 35.5. The van der Waals surface area contributed by atoms with Crippen molar-refractivity contribution in [2.24, 2.45) is 0 Å². The van der Waals surface area contributed by atoms with Gasteiger partial charge in [-0.15, -0.1) is 0 Å². The maximum Gasteiger partial charge on any atom is 0.271 e. The summed E-state index contributed by atoms with van der Waals surface area (Å²) in [5.41, 5.74) is 5.58. The quantitative estimate of drug-likeness (QED) is 0.749. The minimum Gasteiger partial charge on any atom is -0.384 e. The molecule has 0 radical (unpaired) electrons. The zero-order valence-corrected chi connectivity index (χ0v) is 7.93. The summed E-state index contributed by atoms with van der Waals surface area (Å²) in [6.07, 6.45) is 0. The van der Waals surface area contributed by atoms with Crippen molar-refractivity contribution >= 4 is 23.3 Å². The van der Waals surface area contributed by atoms with Gasteiger partial charge in [0, 0.05) is 6.54 Å². The molecular weight excluding hydrogens is 190 g/mol. The van der Waals surface area contributed by atoms with E-state index in [-0.39, 0.29) is 17.4 Å². The van der Waals surface area contributed by atoms with Crippen molar-refractivity contribution in [3.05, 3.63) is 22.8 Å². The number of nitrogens with two attached hydrogens (primary N) is 1. The zero-order chi connectivity index (χ0) is 9.84. The largest absolute Gasteiger partial charge is 0.384 e. The third-order valence-corrected chi connectivity index (χ3v) is 1.72. The number of nitrogens with one attached hydrogen (secondary N) is 1. The SMILES string of the molecule is CCNC(=O)c1nc(N)ccc1Cl. The van der Waals surface area contributed by atoms with Crippen LogP contribution in [0, 0.1) is 0 Å². The van der Waals surface area contributed by atoms with Gasteiger partial charge in [-0.1, -0.05) is 11.6 Å². The summed E-state index contributed by atoms with van der Waals surface area (Å²) in [5.74, 6) is -0.0227. The molecule has 1 amide bonds. The summed E-state index contributed by atoms with van der Waals surface area (Å²) in [6.45, 7) is 2.35. The van der Waals surface area contributed by atoms with Gasteiger partial charge in [-0.05, 0) is 19.1 Å². The number of amides is 1. The molecule has 1 heterocycles. The van der Waals surface area contributed by atoms with Crippen LogP contribution in [-0.4, -0.2) is 17.4 Å². The highest BCUT2D eigenvalue weighted by Crippen LogP contribution is 2.14. The summed E-state index contributed by atoms with van der Waals surface area (Å²) in [7, 11) is 0. The van der Waals surface area contributed by atoms with Crippen LogP contribution in [0.2, 0.25) is 5.02 Å². The second-order valence-electron chi connectivity index (χ2n) is 2.43. The summed E-state index contributed by atoms with van der Waals surface area (Å²) in [4.78, 5) is 15.1. The van der Waals surface area contributed by atoms with Gasteiger partial charge in [-0.25, -0.2) is 4.98 Å². The first kappa shape index (κ1) is 9.80. The Bertz CT molecular complexity index is 327. The first-order valence-electron chi connectivity index (χ1n) is 3.85. The van der Waals surface area contributed by atoms with Gasteiger partial charge in [0.05, 0.1) is 5.02 Å². The standard InChI is InChI=1S/C8H10ClN3O/c1-2-11-8(13)7-5(9)3-4-6(10)12-7/h3-4H,2H2,1H3,(H2,10,12)(H,11,13). The third kappa shape index (κ3) is 2.32. The van der Waals surface area contributed by atoms with Gasteiger partial charge >= 0.3 is 0 Å². The summed E-state index contributed by atoms with van der Waals surface area (Å²) in [5, 5.41) is 2.89. The van der Waals surface area contributed by atoms with Gasteiger partial charge in [0.25, 0.3) is 5.91 Å². The van der Waals surface area contributed by atoms with Crippen LogP contribution in [0.3, 0.4) is 0 Å². The molecule has 5 heteroatoms. The van der Waals surface area contributed by atoms with E-state index < -0.39 is 0 Å². The molecule has 0 bridgehead atoms. The fourth-order valence-electron chi connectivity index (χ4n) is 0.861. The number of anilines is 1. The first-order chi connectivity index (χ1) is 6.15. The molecule has 0 atom stereocenters.